The van der Waals surface area contributed by atoms with E-state index >= 15 is 0 Å². The molecule has 1 unspecified atom stereocenters. The topological polar surface area (TPSA) is 44.8 Å². The Bertz CT molecular complexity index is 760. The van der Waals surface area contributed by atoms with Crippen molar-refractivity contribution in [3.63, 3.8) is 0 Å². The highest BCUT2D eigenvalue weighted by Crippen LogP contribution is 2.47. The minimum atomic E-state index is -0.753. The predicted molar refractivity (Wildman–Crippen MR) is 96.4 cm³/mol. The third kappa shape index (κ3) is 3.51. The average Bonchev–Trinajstić information content (AvgIpc) is 3.00. The molecule has 3 atom stereocenters. The molecule has 26 heavy (non-hydrogen) atoms. The first kappa shape index (κ1) is 18.9. The van der Waals surface area contributed by atoms with Crippen LogP contribution in [0.25, 0.3) is 0 Å². The SMILES string of the molecule is C=C(Cl)C[C@H]1C[C@]2(C(C)Cc3ccc(OC)cc3F)OCOC2=CC1=O. The molecule has 4 nitrogen and oxygen atoms in total. The third-order valence-electron chi connectivity index (χ3n) is 5.22. The summed E-state index contributed by atoms with van der Waals surface area (Å²) in [7, 11) is 1.50. The van der Waals surface area contributed by atoms with Gasteiger partial charge in [-0.3, -0.25) is 4.79 Å². The Labute approximate surface area is 157 Å². The van der Waals surface area contributed by atoms with E-state index in [0.29, 0.717) is 41.4 Å². The summed E-state index contributed by atoms with van der Waals surface area (Å²) in [6.45, 7) is 5.76. The van der Waals surface area contributed by atoms with E-state index in [1.54, 1.807) is 12.1 Å². The number of carbonyl (C=O) groups excluding carboxylic acids is 1. The van der Waals surface area contributed by atoms with E-state index in [4.69, 9.17) is 25.8 Å². The van der Waals surface area contributed by atoms with Gasteiger partial charge in [0.15, 0.2) is 12.6 Å². The molecule has 6 heteroatoms. The zero-order valence-corrected chi connectivity index (χ0v) is 15.6. The molecule has 0 radical (unpaired) electrons. The lowest BCUT2D eigenvalue weighted by molar-refractivity contribution is -0.123. The quantitative estimate of drug-likeness (QED) is 0.735. The van der Waals surface area contributed by atoms with E-state index in [1.807, 2.05) is 6.92 Å². The van der Waals surface area contributed by atoms with E-state index in [1.165, 1.54) is 19.3 Å². The monoisotopic (exact) mass is 380 g/mol. The van der Waals surface area contributed by atoms with E-state index in [-0.39, 0.29) is 30.2 Å². The van der Waals surface area contributed by atoms with Crippen molar-refractivity contribution in [3.8, 4) is 5.75 Å². The molecule has 0 saturated carbocycles. The Hall–Kier alpha value is -1.85. The Morgan fingerprint density at radius 2 is 2.31 bits per heavy atom. The van der Waals surface area contributed by atoms with E-state index in [2.05, 4.69) is 6.58 Å². The van der Waals surface area contributed by atoms with Crippen LogP contribution in [0, 0.1) is 17.7 Å². The molecule has 1 saturated heterocycles. The molecular weight excluding hydrogens is 359 g/mol. The second kappa shape index (κ2) is 7.41. The van der Waals surface area contributed by atoms with Gasteiger partial charge in [0.2, 0.25) is 0 Å². The number of ketones is 1. The van der Waals surface area contributed by atoms with Crippen LogP contribution in [0.5, 0.6) is 5.75 Å². The molecule has 0 amide bonds. The highest BCUT2D eigenvalue weighted by atomic mass is 35.5. The van der Waals surface area contributed by atoms with Gasteiger partial charge in [-0.15, -0.1) is 0 Å². The van der Waals surface area contributed by atoms with Crippen molar-refractivity contribution in [1.29, 1.82) is 0 Å². The summed E-state index contributed by atoms with van der Waals surface area (Å²) in [6.07, 6.45) is 2.78. The molecule has 1 aromatic rings. The number of ether oxygens (including phenoxy) is 3. The largest absolute Gasteiger partial charge is 0.497 e. The Morgan fingerprint density at radius 3 is 2.96 bits per heavy atom. The highest BCUT2D eigenvalue weighted by Gasteiger charge is 2.51. The standard InChI is InChI=1S/C20H22ClFO4/c1-12(6-14-4-5-16(24-3)8-17(14)22)20-10-15(7-13(2)21)18(23)9-19(20)25-11-26-20/h4-5,8-9,12,15H,2,6-7,10-11H2,1,3H3/t12?,15-,20+/m0/s1. The molecule has 1 fully saturated rings. The van der Waals surface area contributed by atoms with Crippen LogP contribution in [0.1, 0.15) is 25.3 Å². The number of benzene rings is 1. The molecule has 0 N–H and O–H groups in total. The zero-order chi connectivity index (χ0) is 18.9. The summed E-state index contributed by atoms with van der Waals surface area (Å²) >= 11 is 5.92. The maximum Gasteiger partial charge on any atom is 0.189 e. The van der Waals surface area contributed by atoms with Crippen molar-refractivity contribution in [3.05, 3.63) is 53.0 Å². The van der Waals surface area contributed by atoms with Crippen molar-refractivity contribution in [2.24, 2.45) is 11.8 Å². The van der Waals surface area contributed by atoms with Crippen molar-refractivity contribution in [1.82, 2.24) is 0 Å². The smallest absolute Gasteiger partial charge is 0.189 e. The first-order chi connectivity index (χ1) is 12.4. The fourth-order valence-corrected chi connectivity index (χ4v) is 3.96. The fourth-order valence-electron chi connectivity index (χ4n) is 3.77. The van der Waals surface area contributed by atoms with Gasteiger partial charge in [0.25, 0.3) is 0 Å². The number of methoxy groups -OCH3 is 1. The molecule has 2 aliphatic rings. The second-order valence-electron chi connectivity index (χ2n) is 6.89. The summed E-state index contributed by atoms with van der Waals surface area (Å²) in [5.41, 5.74) is -0.185. The number of carbonyl (C=O) groups is 1. The van der Waals surface area contributed by atoms with Gasteiger partial charge in [-0.25, -0.2) is 4.39 Å². The van der Waals surface area contributed by atoms with Crippen LogP contribution in [-0.4, -0.2) is 25.3 Å². The molecule has 3 rings (SSSR count). The van der Waals surface area contributed by atoms with Gasteiger partial charge in [-0.2, -0.15) is 0 Å². The van der Waals surface area contributed by atoms with Crippen molar-refractivity contribution in [2.75, 3.05) is 13.9 Å². The highest BCUT2D eigenvalue weighted by molar-refractivity contribution is 6.29. The minimum absolute atomic E-state index is 0.0363. The van der Waals surface area contributed by atoms with Crippen molar-refractivity contribution < 1.29 is 23.4 Å². The van der Waals surface area contributed by atoms with E-state index in [9.17, 15) is 9.18 Å². The average molecular weight is 381 g/mol. The Balaban J connectivity index is 1.86. The number of halogens is 2. The first-order valence-corrected chi connectivity index (χ1v) is 8.92. The maximum atomic E-state index is 14.4. The van der Waals surface area contributed by atoms with Crippen LogP contribution < -0.4 is 4.74 Å². The van der Waals surface area contributed by atoms with E-state index < -0.39 is 5.60 Å². The fraction of sp³-hybridized carbons (Fsp3) is 0.450. The van der Waals surface area contributed by atoms with Crippen LogP contribution in [0.3, 0.4) is 0 Å². The lowest BCUT2D eigenvalue weighted by Gasteiger charge is -2.38. The van der Waals surface area contributed by atoms with Crippen molar-refractivity contribution in [2.45, 2.75) is 31.8 Å². The van der Waals surface area contributed by atoms with Gasteiger partial charge in [0.05, 0.1) is 7.11 Å². The van der Waals surface area contributed by atoms with Gasteiger partial charge in [-0.05, 0) is 36.8 Å². The number of rotatable bonds is 6. The van der Waals surface area contributed by atoms with Gasteiger partial charge < -0.3 is 14.2 Å². The molecule has 1 aromatic carbocycles. The summed E-state index contributed by atoms with van der Waals surface area (Å²) in [4.78, 5) is 12.3. The van der Waals surface area contributed by atoms with Crippen LogP contribution in [0.4, 0.5) is 4.39 Å². The van der Waals surface area contributed by atoms with Crippen molar-refractivity contribution >= 4 is 17.4 Å². The molecule has 0 aromatic heterocycles. The van der Waals surface area contributed by atoms with Gasteiger partial charge in [0, 0.05) is 23.1 Å². The third-order valence-corrected chi connectivity index (χ3v) is 5.38. The minimum Gasteiger partial charge on any atom is -0.497 e. The second-order valence-corrected chi connectivity index (χ2v) is 7.43. The summed E-state index contributed by atoms with van der Waals surface area (Å²) in [5.74, 6) is 0.231. The molecular formula is C20H22ClFO4. The maximum absolute atomic E-state index is 14.4. The molecule has 0 spiro atoms. The van der Waals surface area contributed by atoms with Crippen LogP contribution in [0.2, 0.25) is 0 Å². The summed E-state index contributed by atoms with van der Waals surface area (Å²) in [6, 6.07) is 4.82. The number of hydrogen-bond acceptors (Lipinski definition) is 4. The molecule has 140 valence electrons. The Morgan fingerprint density at radius 1 is 1.54 bits per heavy atom. The van der Waals surface area contributed by atoms with E-state index in [0.717, 1.165) is 0 Å². The number of fused-ring (bicyclic) bond motifs is 1. The summed E-state index contributed by atoms with van der Waals surface area (Å²) < 4.78 is 30.9. The lowest BCUT2D eigenvalue weighted by Crippen LogP contribution is -2.45. The molecule has 0 bridgehead atoms. The predicted octanol–water partition coefficient (Wildman–Crippen LogP) is 4.37. The zero-order valence-electron chi connectivity index (χ0n) is 14.9. The number of hydrogen-bond donors (Lipinski definition) is 0. The lowest BCUT2D eigenvalue weighted by atomic mass is 9.71. The molecule has 1 aliphatic heterocycles. The van der Waals surface area contributed by atoms with Crippen LogP contribution in [-0.2, 0) is 20.7 Å². The molecule has 1 heterocycles. The normalized spacial score (nSPS) is 25.9. The van der Waals surface area contributed by atoms with Gasteiger partial charge in [-0.1, -0.05) is 31.2 Å². The van der Waals surface area contributed by atoms with Crippen LogP contribution in [0.15, 0.2) is 41.6 Å². The Kier molecular flexibility index (Phi) is 5.39. The number of allylic oxidation sites excluding steroid dienone is 2. The van der Waals surface area contributed by atoms with Gasteiger partial charge in [0.1, 0.15) is 22.9 Å². The summed E-state index contributed by atoms with van der Waals surface area (Å²) in [5, 5.41) is 0.433. The van der Waals surface area contributed by atoms with Gasteiger partial charge >= 0.3 is 0 Å². The van der Waals surface area contributed by atoms with Crippen LogP contribution >= 0.6 is 11.6 Å². The molecule has 1 aliphatic carbocycles. The first-order valence-electron chi connectivity index (χ1n) is 8.54.